The number of carbonyl (C=O) groups is 1. The third-order valence-corrected chi connectivity index (χ3v) is 4.89. The Balaban J connectivity index is 1.97. The molecule has 0 aliphatic carbocycles. The van der Waals surface area contributed by atoms with E-state index in [2.05, 4.69) is 15.5 Å². The zero-order valence-electron chi connectivity index (χ0n) is 10.8. The van der Waals surface area contributed by atoms with Crippen molar-refractivity contribution in [1.82, 2.24) is 10.2 Å². The maximum absolute atomic E-state index is 13.7. The van der Waals surface area contributed by atoms with Crippen LogP contribution in [-0.2, 0) is 10.5 Å². The van der Waals surface area contributed by atoms with E-state index in [0.717, 1.165) is 0 Å². The molecule has 2 rings (SSSR count). The molecule has 1 heterocycles. The van der Waals surface area contributed by atoms with Gasteiger partial charge in [-0.05, 0) is 18.6 Å². The van der Waals surface area contributed by atoms with Gasteiger partial charge in [0.15, 0.2) is 4.34 Å². The highest BCUT2D eigenvalue weighted by molar-refractivity contribution is 8.00. The normalized spacial score (nSPS) is 12.2. The zero-order chi connectivity index (χ0) is 15.4. The molecule has 1 aromatic heterocycles. The smallest absolute Gasteiger partial charge is 0.243 e. The minimum atomic E-state index is -0.648. The number of amides is 1. The summed E-state index contributed by atoms with van der Waals surface area (Å²) in [4.78, 5) is 11.4. The van der Waals surface area contributed by atoms with Gasteiger partial charge in [-0.2, -0.15) is 0 Å². The summed E-state index contributed by atoms with van der Waals surface area (Å²) in [6.45, 7) is 1.56. The van der Waals surface area contributed by atoms with E-state index in [0.29, 0.717) is 20.8 Å². The van der Waals surface area contributed by atoms with Crippen LogP contribution in [0.2, 0.25) is 5.02 Å². The number of rotatable bonds is 5. The summed E-state index contributed by atoms with van der Waals surface area (Å²) in [5.74, 6) is -0.396. The molecule has 0 bridgehead atoms. The highest BCUT2D eigenvalue weighted by Gasteiger charge is 2.13. The van der Waals surface area contributed by atoms with Gasteiger partial charge >= 0.3 is 0 Å². The first kappa shape index (κ1) is 16.5. The quantitative estimate of drug-likeness (QED) is 0.490. The fourth-order valence-electron chi connectivity index (χ4n) is 1.32. The van der Waals surface area contributed by atoms with Crippen LogP contribution in [0.5, 0.6) is 0 Å². The standard InChI is InChI=1S/C12H10Cl2FN3OS2/c1-6(13)10(19)16-11-17-18-12(21-11)20-5-7-3-2-4-8(14)9(7)15/h2-4,6H,5H2,1H3,(H,16,17,19). The molecule has 21 heavy (non-hydrogen) atoms. The summed E-state index contributed by atoms with van der Waals surface area (Å²) < 4.78 is 14.3. The second-order valence-corrected chi connectivity index (χ2v) is 7.24. The Bertz CT molecular complexity index is 651. The number of hydrogen-bond donors (Lipinski definition) is 1. The van der Waals surface area contributed by atoms with Crippen molar-refractivity contribution in [2.45, 2.75) is 22.4 Å². The van der Waals surface area contributed by atoms with E-state index in [-0.39, 0.29) is 10.9 Å². The van der Waals surface area contributed by atoms with Crippen LogP contribution in [0.15, 0.2) is 22.5 Å². The van der Waals surface area contributed by atoms with Crippen LogP contribution in [0.4, 0.5) is 9.52 Å². The lowest BCUT2D eigenvalue weighted by molar-refractivity contribution is -0.115. The maximum Gasteiger partial charge on any atom is 0.243 e. The molecule has 4 nitrogen and oxygen atoms in total. The molecule has 0 aliphatic heterocycles. The second kappa shape index (κ2) is 7.40. The van der Waals surface area contributed by atoms with E-state index < -0.39 is 11.2 Å². The van der Waals surface area contributed by atoms with Crippen LogP contribution in [-0.4, -0.2) is 21.5 Å². The fraction of sp³-hybridized carbons (Fsp3) is 0.250. The van der Waals surface area contributed by atoms with Crippen molar-refractivity contribution in [3.05, 3.63) is 34.6 Å². The Morgan fingerprint density at radius 2 is 2.29 bits per heavy atom. The van der Waals surface area contributed by atoms with Gasteiger partial charge in [-0.25, -0.2) is 4.39 Å². The largest absolute Gasteiger partial charge is 0.299 e. The number of halogens is 3. The van der Waals surface area contributed by atoms with Crippen LogP contribution in [0.3, 0.4) is 0 Å². The second-order valence-electron chi connectivity index (χ2n) is 3.98. The van der Waals surface area contributed by atoms with Crippen molar-refractivity contribution in [2.24, 2.45) is 0 Å². The lowest BCUT2D eigenvalue weighted by Crippen LogP contribution is -2.20. The molecule has 0 saturated carbocycles. The lowest BCUT2D eigenvalue weighted by Gasteiger charge is -2.02. The molecule has 0 radical (unpaired) electrons. The zero-order valence-corrected chi connectivity index (χ0v) is 13.9. The van der Waals surface area contributed by atoms with E-state index in [1.807, 2.05) is 0 Å². The van der Waals surface area contributed by atoms with Gasteiger partial charge in [0.05, 0.1) is 5.02 Å². The average Bonchev–Trinajstić information content (AvgIpc) is 2.88. The molecule has 1 atom stereocenters. The number of nitrogens with one attached hydrogen (secondary N) is 1. The lowest BCUT2D eigenvalue weighted by atomic mass is 10.2. The number of carbonyl (C=O) groups excluding carboxylic acids is 1. The maximum atomic E-state index is 13.7. The van der Waals surface area contributed by atoms with E-state index in [1.54, 1.807) is 19.1 Å². The minimum Gasteiger partial charge on any atom is -0.299 e. The van der Waals surface area contributed by atoms with Gasteiger partial charge in [0.1, 0.15) is 11.2 Å². The van der Waals surface area contributed by atoms with Crippen molar-refractivity contribution in [2.75, 3.05) is 5.32 Å². The molecule has 0 spiro atoms. The summed E-state index contributed by atoms with van der Waals surface area (Å²) in [7, 11) is 0. The highest BCUT2D eigenvalue weighted by atomic mass is 35.5. The van der Waals surface area contributed by atoms with Crippen LogP contribution in [0.1, 0.15) is 12.5 Å². The van der Waals surface area contributed by atoms with E-state index in [4.69, 9.17) is 23.2 Å². The number of alkyl halides is 1. The number of thioether (sulfide) groups is 1. The Morgan fingerprint density at radius 3 is 3.00 bits per heavy atom. The van der Waals surface area contributed by atoms with Crippen molar-refractivity contribution < 1.29 is 9.18 Å². The highest BCUT2D eigenvalue weighted by Crippen LogP contribution is 2.30. The number of nitrogens with zero attached hydrogens (tertiary/aromatic N) is 2. The monoisotopic (exact) mass is 365 g/mol. The molecule has 112 valence electrons. The average molecular weight is 366 g/mol. The van der Waals surface area contributed by atoms with Gasteiger partial charge in [0.25, 0.3) is 0 Å². The molecule has 1 unspecified atom stereocenters. The molecule has 1 amide bonds. The van der Waals surface area contributed by atoms with E-state index >= 15 is 0 Å². The summed E-state index contributed by atoms with van der Waals surface area (Å²) in [5, 5.41) is 10.1. The number of anilines is 1. The SMILES string of the molecule is CC(Cl)C(=O)Nc1nnc(SCc2cccc(Cl)c2F)s1. The minimum absolute atomic E-state index is 0.0921. The molecule has 1 aromatic carbocycles. The summed E-state index contributed by atoms with van der Waals surface area (Å²) in [6.07, 6.45) is 0. The molecule has 0 saturated heterocycles. The predicted molar refractivity (Wildman–Crippen MR) is 84.8 cm³/mol. The molecule has 0 aliphatic rings. The summed E-state index contributed by atoms with van der Waals surface area (Å²) in [6, 6.07) is 4.85. The van der Waals surface area contributed by atoms with Crippen LogP contribution < -0.4 is 5.32 Å². The number of benzene rings is 1. The first-order chi connectivity index (χ1) is 9.97. The third kappa shape index (κ3) is 4.54. The Labute approximate surface area is 139 Å². The third-order valence-electron chi connectivity index (χ3n) is 2.38. The molecule has 9 heteroatoms. The summed E-state index contributed by atoms with van der Waals surface area (Å²) >= 11 is 13.9. The van der Waals surface area contributed by atoms with E-state index in [1.165, 1.54) is 29.2 Å². The fourth-order valence-corrected chi connectivity index (χ4v) is 3.30. The number of hydrogen-bond acceptors (Lipinski definition) is 5. The Hall–Kier alpha value is -0.890. The molecule has 1 N–H and O–H groups in total. The van der Waals surface area contributed by atoms with Gasteiger partial charge in [-0.3, -0.25) is 10.1 Å². The van der Waals surface area contributed by atoms with Crippen molar-refractivity contribution in [1.29, 1.82) is 0 Å². The molecular formula is C12H10Cl2FN3OS2. The topological polar surface area (TPSA) is 54.9 Å². The molecular weight excluding hydrogens is 356 g/mol. The van der Waals surface area contributed by atoms with Crippen molar-refractivity contribution >= 4 is 57.3 Å². The number of aromatic nitrogens is 2. The van der Waals surface area contributed by atoms with Crippen LogP contribution in [0.25, 0.3) is 0 Å². The molecule has 0 fully saturated rings. The van der Waals surface area contributed by atoms with Gasteiger partial charge in [-0.1, -0.05) is 46.8 Å². The van der Waals surface area contributed by atoms with Crippen molar-refractivity contribution in [3.8, 4) is 0 Å². The van der Waals surface area contributed by atoms with Gasteiger partial charge in [-0.15, -0.1) is 21.8 Å². The Kier molecular flexibility index (Phi) is 5.80. The first-order valence-corrected chi connectivity index (χ1v) is 8.43. The van der Waals surface area contributed by atoms with Gasteiger partial charge in [0, 0.05) is 5.75 Å². The van der Waals surface area contributed by atoms with Gasteiger partial charge < -0.3 is 0 Å². The van der Waals surface area contributed by atoms with E-state index in [9.17, 15) is 9.18 Å². The van der Waals surface area contributed by atoms with Gasteiger partial charge in [0.2, 0.25) is 11.0 Å². The van der Waals surface area contributed by atoms with Crippen LogP contribution in [0, 0.1) is 5.82 Å². The molecule has 2 aromatic rings. The van der Waals surface area contributed by atoms with Crippen LogP contribution >= 0.6 is 46.3 Å². The summed E-state index contributed by atoms with van der Waals surface area (Å²) in [5.41, 5.74) is 0.489. The van der Waals surface area contributed by atoms with Crippen molar-refractivity contribution in [3.63, 3.8) is 0 Å². The first-order valence-electron chi connectivity index (χ1n) is 5.81. The predicted octanol–water partition coefficient (Wildman–Crippen LogP) is 4.19. The Morgan fingerprint density at radius 1 is 1.52 bits per heavy atom.